The number of hydrogen-bond acceptors (Lipinski definition) is 6. The minimum Gasteiger partial charge on any atom is -0.465 e. The van der Waals surface area contributed by atoms with Crippen molar-refractivity contribution in [2.45, 2.75) is 32.5 Å². The molecule has 1 aromatic carbocycles. The number of carbonyl (C=O) groups is 2. The van der Waals surface area contributed by atoms with Crippen LogP contribution in [0.15, 0.2) is 24.5 Å². The molecule has 11 heteroatoms. The van der Waals surface area contributed by atoms with E-state index in [0.29, 0.717) is 18.8 Å². The molecule has 1 aromatic heterocycles. The number of anilines is 1. The third-order valence-electron chi connectivity index (χ3n) is 5.29. The van der Waals surface area contributed by atoms with Crippen molar-refractivity contribution in [3.05, 3.63) is 30.1 Å². The van der Waals surface area contributed by atoms with E-state index in [1.807, 2.05) is 11.8 Å². The summed E-state index contributed by atoms with van der Waals surface area (Å²) >= 11 is 0. The molecule has 0 bridgehead atoms. The molecule has 0 aliphatic carbocycles. The molecule has 1 fully saturated rings. The Morgan fingerprint density at radius 3 is 2.52 bits per heavy atom. The van der Waals surface area contributed by atoms with Crippen LogP contribution in [-0.4, -0.2) is 64.2 Å². The van der Waals surface area contributed by atoms with E-state index >= 15 is 0 Å². The number of carboxylic acid groups (broad SMARTS) is 1. The molecule has 2 amide bonds. The Hall–Kier alpha value is -2.95. The first-order valence-electron chi connectivity index (χ1n) is 9.88. The zero-order valence-electron chi connectivity index (χ0n) is 17.2. The molecule has 2 atom stereocenters. The van der Waals surface area contributed by atoms with Gasteiger partial charge >= 0.3 is 12.3 Å². The van der Waals surface area contributed by atoms with Crippen molar-refractivity contribution in [1.29, 1.82) is 0 Å². The van der Waals surface area contributed by atoms with E-state index in [-0.39, 0.29) is 36.1 Å². The van der Waals surface area contributed by atoms with Crippen LogP contribution >= 0.6 is 0 Å². The Labute approximate surface area is 177 Å². The maximum absolute atomic E-state index is 13.4. The van der Waals surface area contributed by atoms with Crippen LogP contribution in [0.2, 0.25) is 0 Å². The lowest BCUT2D eigenvalue weighted by molar-refractivity contribution is -0.136. The molecule has 8 nitrogen and oxygen atoms in total. The molecule has 2 aromatic rings. The van der Waals surface area contributed by atoms with Gasteiger partial charge in [0.05, 0.1) is 11.3 Å². The van der Waals surface area contributed by atoms with E-state index in [1.54, 1.807) is 0 Å². The molecule has 0 radical (unpaired) electrons. The molecule has 0 spiro atoms. The summed E-state index contributed by atoms with van der Waals surface area (Å²) in [6.07, 6.45) is -2.40. The third-order valence-corrected chi connectivity index (χ3v) is 5.29. The van der Waals surface area contributed by atoms with Gasteiger partial charge in [0, 0.05) is 51.5 Å². The quantitative estimate of drug-likeness (QED) is 0.739. The second kappa shape index (κ2) is 9.04. The van der Waals surface area contributed by atoms with Gasteiger partial charge in [0.2, 0.25) is 5.91 Å². The Bertz CT molecular complexity index is 955. The lowest BCUT2D eigenvalue weighted by Gasteiger charge is -2.39. The minimum absolute atomic E-state index is 0.0181. The highest BCUT2D eigenvalue weighted by Gasteiger charge is 2.35. The molecule has 2 heterocycles. The fourth-order valence-electron chi connectivity index (χ4n) is 3.99. The molecule has 1 aliphatic heterocycles. The van der Waals surface area contributed by atoms with E-state index < -0.39 is 23.7 Å². The smallest absolute Gasteiger partial charge is 0.418 e. The van der Waals surface area contributed by atoms with E-state index in [0.717, 1.165) is 17.4 Å². The number of amides is 2. The summed E-state index contributed by atoms with van der Waals surface area (Å²) in [6.45, 7) is 4.68. The number of carbonyl (C=O) groups excluding carboxylic acids is 1. The van der Waals surface area contributed by atoms with Gasteiger partial charge in [-0.15, -0.1) is 0 Å². The minimum atomic E-state index is -4.53. The molecule has 31 heavy (non-hydrogen) atoms. The third kappa shape index (κ3) is 5.22. The molecular weight excluding hydrogens is 415 g/mol. The zero-order valence-corrected chi connectivity index (χ0v) is 17.2. The Morgan fingerprint density at radius 1 is 1.23 bits per heavy atom. The highest BCUT2D eigenvalue weighted by atomic mass is 19.4. The highest BCUT2D eigenvalue weighted by molar-refractivity contribution is 5.91. The second-order valence-electron chi connectivity index (χ2n) is 7.73. The Balaban J connectivity index is 1.78. The van der Waals surface area contributed by atoms with Gasteiger partial charge in [-0.25, -0.2) is 9.69 Å². The molecule has 0 unspecified atom stereocenters. The number of nitrogens with zero attached hydrogens (tertiary/aromatic N) is 4. The van der Waals surface area contributed by atoms with E-state index in [2.05, 4.69) is 15.3 Å². The number of benzene rings is 1. The van der Waals surface area contributed by atoms with Gasteiger partial charge in [0.25, 0.3) is 0 Å². The second-order valence-corrected chi connectivity index (χ2v) is 7.73. The first-order chi connectivity index (χ1) is 14.6. The van der Waals surface area contributed by atoms with E-state index in [4.69, 9.17) is 5.11 Å². The normalized spacial score (nSPS) is 19.5. The number of rotatable bonds is 5. The topological polar surface area (TPSA) is 98.7 Å². The van der Waals surface area contributed by atoms with Crippen molar-refractivity contribution >= 4 is 28.7 Å². The number of hydrogen-bond donors (Lipinski definition) is 2. The Morgan fingerprint density at radius 2 is 1.90 bits per heavy atom. The van der Waals surface area contributed by atoms with Crippen LogP contribution < -0.4 is 10.2 Å². The SMILES string of the molecule is CC(=O)N(CCN[C@@H]1C[C@H](C)CN(c2ccc(C(F)(F)F)c3nccnc23)C1)C(=O)O. The molecule has 2 N–H and O–H groups in total. The number of piperidine rings is 1. The maximum Gasteiger partial charge on any atom is 0.418 e. The van der Waals surface area contributed by atoms with Crippen molar-refractivity contribution in [2.24, 2.45) is 5.92 Å². The number of fused-ring (bicyclic) bond motifs is 1. The van der Waals surface area contributed by atoms with Crippen molar-refractivity contribution in [2.75, 3.05) is 31.1 Å². The molecular formula is C20H24F3N5O3. The predicted molar refractivity (Wildman–Crippen MR) is 108 cm³/mol. The van der Waals surface area contributed by atoms with Crippen LogP contribution in [0.4, 0.5) is 23.7 Å². The van der Waals surface area contributed by atoms with Crippen molar-refractivity contribution in [1.82, 2.24) is 20.2 Å². The van der Waals surface area contributed by atoms with Gasteiger partial charge in [-0.2, -0.15) is 13.2 Å². The van der Waals surface area contributed by atoms with Crippen LogP contribution in [0.25, 0.3) is 11.0 Å². The van der Waals surface area contributed by atoms with Crippen LogP contribution in [0, 0.1) is 5.92 Å². The highest BCUT2D eigenvalue weighted by Crippen LogP contribution is 2.37. The molecule has 1 saturated heterocycles. The van der Waals surface area contributed by atoms with Gasteiger partial charge in [-0.3, -0.25) is 14.8 Å². The summed E-state index contributed by atoms with van der Waals surface area (Å²) in [4.78, 5) is 33.3. The zero-order chi connectivity index (χ0) is 22.8. The number of halogens is 3. The van der Waals surface area contributed by atoms with Crippen LogP contribution in [0.5, 0.6) is 0 Å². The first-order valence-corrected chi connectivity index (χ1v) is 9.88. The average molecular weight is 439 g/mol. The summed E-state index contributed by atoms with van der Waals surface area (Å²) in [6, 6.07) is 2.43. The largest absolute Gasteiger partial charge is 0.465 e. The van der Waals surface area contributed by atoms with Crippen LogP contribution in [0.3, 0.4) is 0 Å². The first kappa shape index (κ1) is 22.7. The molecule has 168 valence electrons. The van der Waals surface area contributed by atoms with Crippen molar-refractivity contribution < 1.29 is 27.9 Å². The predicted octanol–water partition coefficient (Wildman–Crippen LogP) is 2.98. The van der Waals surface area contributed by atoms with Crippen LogP contribution in [0.1, 0.15) is 25.8 Å². The summed E-state index contributed by atoms with van der Waals surface area (Å²) in [7, 11) is 0. The molecule has 1 aliphatic rings. The molecule has 0 saturated carbocycles. The number of nitrogens with one attached hydrogen (secondary N) is 1. The summed E-state index contributed by atoms with van der Waals surface area (Å²) in [5, 5.41) is 12.3. The standard InChI is InChI=1S/C20H24F3N5O3/c1-12-9-14(24-7-8-28(13(2)29)19(30)31)11-27(10-12)16-4-3-15(20(21,22)23)17-18(16)26-6-5-25-17/h3-6,12,14,24H,7-11H2,1-2H3,(H,30,31)/t12-,14+/m0/s1. The summed E-state index contributed by atoms with van der Waals surface area (Å²) < 4.78 is 40.1. The Kier molecular flexibility index (Phi) is 6.63. The fourth-order valence-corrected chi connectivity index (χ4v) is 3.99. The van der Waals surface area contributed by atoms with E-state index in [1.165, 1.54) is 25.4 Å². The van der Waals surface area contributed by atoms with Crippen molar-refractivity contribution in [3.8, 4) is 0 Å². The number of aromatic nitrogens is 2. The lowest BCUT2D eigenvalue weighted by Crippen LogP contribution is -2.51. The molecule has 3 rings (SSSR count). The van der Waals surface area contributed by atoms with Gasteiger partial charge in [0.1, 0.15) is 11.0 Å². The maximum atomic E-state index is 13.4. The van der Waals surface area contributed by atoms with Gasteiger partial charge < -0.3 is 15.3 Å². The summed E-state index contributed by atoms with van der Waals surface area (Å²) in [5.74, 6) is -0.314. The van der Waals surface area contributed by atoms with Gasteiger partial charge in [0.15, 0.2) is 0 Å². The average Bonchev–Trinajstić information content (AvgIpc) is 2.68. The van der Waals surface area contributed by atoms with Gasteiger partial charge in [-0.05, 0) is 24.5 Å². The van der Waals surface area contributed by atoms with Crippen LogP contribution in [-0.2, 0) is 11.0 Å². The van der Waals surface area contributed by atoms with Crippen molar-refractivity contribution in [3.63, 3.8) is 0 Å². The fraction of sp³-hybridized carbons (Fsp3) is 0.500. The van der Waals surface area contributed by atoms with Gasteiger partial charge in [-0.1, -0.05) is 6.92 Å². The number of imide groups is 1. The number of alkyl halides is 3. The van der Waals surface area contributed by atoms with E-state index in [9.17, 15) is 22.8 Å². The summed E-state index contributed by atoms with van der Waals surface area (Å²) in [5.41, 5.74) is -0.241. The monoisotopic (exact) mass is 439 g/mol. The lowest BCUT2D eigenvalue weighted by atomic mass is 9.95.